The van der Waals surface area contributed by atoms with Crippen LogP contribution in [0.1, 0.15) is 13.8 Å². The summed E-state index contributed by atoms with van der Waals surface area (Å²) in [6, 6.07) is 0. The Balaban J connectivity index is 3.90. The number of rotatable bonds is 3. The van der Waals surface area contributed by atoms with Crippen molar-refractivity contribution < 1.29 is 17.7 Å². The molecule has 0 spiro atoms. The molecule has 0 fully saturated rings. The van der Waals surface area contributed by atoms with E-state index in [4.69, 9.17) is 4.55 Å². The van der Waals surface area contributed by atoms with Crippen molar-refractivity contribution in [1.29, 1.82) is 0 Å². The Bertz CT molecular complexity index is 159. The predicted octanol–water partition coefficient (Wildman–Crippen LogP) is 0.418. The van der Waals surface area contributed by atoms with Crippen molar-refractivity contribution >= 4 is 10.1 Å². The minimum Gasteiger partial charge on any atom is -0.354 e. The van der Waals surface area contributed by atoms with Gasteiger partial charge in [0.05, 0.1) is 6.61 Å². The summed E-state index contributed by atoms with van der Waals surface area (Å²) in [6.45, 7) is 3.98. The van der Waals surface area contributed by atoms with Gasteiger partial charge in [-0.05, 0) is 13.8 Å². The maximum atomic E-state index is 10.1. The minimum absolute atomic E-state index is 1.16. The van der Waals surface area contributed by atoms with Crippen LogP contribution in [0.5, 0.6) is 0 Å². The first kappa shape index (κ1) is 8.87. The second kappa shape index (κ2) is 3.14. The number of hydrogen-bond donors (Lipinski definition) is 1. The largest absolute Gasteiger partial charge is 0.354 e. The van der Waals surface area contributed by atoms with Gasteiger partial charge >= 0.3 is 0 Å². The maximum Gasteiger partial charge on any atom is 0.291 e. The van der Waals surface area contributed by atoms with E-state index in [9.17, 15) is 8.42 Å². The summed E-state index contributed by atoms with van der Waals surface area (Å²) in [5.74, 6) is 0. The average molecular weight is 153 g/mol. The molecule has 5 heteroatoms. The van der Waals surface area contributed by atoms with Crippen LogP contribution in [0.3, 0.4) is 0 Å². The van der Waals surface area contributed by atoms with Crippen molar-refractivity contribution in [2.45, 2.75) is 19.3 Å². The van der Waals surface area contributed by atoms with Gasteiger partial charge in [0.15, 0.2) is 5.44 Å². The molecule has 0 amide bonds. The molecule has 0 aromatic rings. The second-order valence-electron chi connectivity index (χ2n) is 1.45. The molecule has 0 aliphatic heterocycles. The summed E-state index contributed by atoms with van der Waals surface area (Å²) >= 11 is 0. The molecular formula is C4H9O4S. The van der Waals surface area contributed by atoms with Crippen molar-refractivity contribution in [3.63, 3.8) is 0 Å². The smallest absolute Gasteiger partial charge is 0.291 e. The molecule has 0 saturated heterocycles. The predicted molar refractivity (Wildman–Crippen MR) is 32.1 cm³/mol. The van der Waals surface area contributed by atoms with Crippen LogP contribution < -0.4 is 0 Å². The molecule has 1 atom stereocenters. The van der Waals surface area contributed by atoms with Crippen LogP contribution in [0.25, 0.3) is 0 Å². The van der Waals surface area contributed by atoms with Gasteiger partial charge in [0, 0.05) is 0 Å². The maximum absolute atomic E-state index is 10.1. The van der Waals surface area contributed by atoms with E-state index in [2.05, 4.69) is 4.74 Å². The quantitative estimate of drug-likeness (QED) is 0.597. The van der Waals surface area contributed by atoms with E-state index >= 15 is 0 Å². The zero-order chi connectivity index (χ0) is 7.49. The molecule has 1 unspecified atom stereocenters. The lowest BCUT2D eigenvalue weighted by Crippen LogP contribution is -2.18. The zero-order valence-corrected chi connectivity index (χ0v) is 6.05. The highest BCUT2D eigenvalue weighted by Crippen LogP contribution is 1.99. The van der Waals surface area contributed by atoms with E-state index in [1.54, 1.807) is 0 Å². The van der Waals surface area contributed by atoms with Crippen molar-refractivity contribution in [3.05, 3.63) is 6.61 Å². The molecule has 0 saturated carbocycles. The molecule has 0 bridgehead atoms. The average Bonchev–Trinajstić information content (AvgIpc) is 1.64. The highest BCUT2D eigenvalue weighted by atomic mass is 32.2. The summed E-state index contributed by atoms with van der Waals surface area (Å²) in [4.78, 5) is 0. The Hall–Kier alpha value is -0.130. The van der Waals surface area contributed by atoms with Gasteiger partial charge in [0.25, 0.3) is 10.1 Å². The number of ether oxygens (including phenoxy) is 1. The molecule has 0 aliphatic rings. The molecule has 1 radical (unpaired) electrons. The monoisotopic (exact) mass is 153 g/mol. The van der Waals surface area contributed by atoms with E-state index in [0.29, 0.717) is 0 Å². The fourth-order valence-electron chi connectivity index (χ4n) is 0.262. The van der Waals surface area contributed by atoms with E-state index < -0.39 is 15.6 Å². The van der Waals surface area contributed by atoms with Crippen molar-refractivity contribution in [3.8, 4) is 0 Å². The third-order valence-electron chi connectivity index (χ3n) is 0.747. The van der Waals surface area contributed by atoms with E-state index in [1.807, 2.05) is 0 Å². The Kier molecular flexibility index (Phi) is 3.10. The van der Waals surface area contributed by atoms with Crippen LogP contribution in [0, 0.1) is 6.61 Å². The first-order chi connectivity index (χ1) is 3.98. The summed E-state index contributed by atoms with van der Waals surface area (Å²) in [7, 11) is -4.02. The van der Waals surface area contributed by atoms with E-state index in [0.717, 1.165) is 0 Å². The van der Waals surface area contributed by atoms with Crippen LogP contribution in [0.15, 0.2) is 0 Å². The van der Waals surface area contributed by atoms with Crippen LogP contribution in [0.2, 0.25) is 0 Å². The van der Waals surface area contributed by atoms with Gasteiger partial charge in [0.1, 0.15) is 0 Å². The van der Waals surface area contributed by atoms with Gasteiger partial charge in [-0.15, -0.1) is 0 Å². The van der Waals surface area contributed by atoms with Crippen LogP contribution in [-0.2, 0) is 14.9 Å². The Morgan fingerprint density at radius 2 is 2.11 bits per heavy atom. The second-order valence-corrected chi connectivity index (χ2v) is 3.15. The van der Waals surface area contributed by atoms with E-state index in [1.165, 1.54) is 20.5 Å². The lowest BCUT2D eigenvalue weighted by Gasteiger charge is -2.05. The molecule has 0 rings (SSSR count). The normalized spacial score (nSPS) is 15.4. The topological polar surface area (TPSA) is 63.6 Å². The van der Waals surface area contributed by atoms with Gasteiger partial charge in [-0.2, -0.15) is 8.42 Å². The summed E-state index contributed by atoms with van der Waals surface area (Å²) in [6.07, 6.45) is 0. The summed E-state index contributed by atoms with van der Waals surface area (Å²) < 4.78 is 33.0. The molecule has 0 aromatic carbocycles. The summed E-state index contributed by atoms with van der Waals surface area (Å²) in [5, 5.41) is 0. The first-order valence-corrected chi connectivity index (χ1v) is 3.88. The highest BCUT2D eigenvalue weighted by molar-refractivity contribution is 7.86. The Morgan fingerprint density at radius 3 is 2.22 bits per heavy atom. The Labute approximate surface area is 54.6 Å². The zero-order valence-electron chi connectivity index (χ0n) is 5.23. The molecule has 0 heterocycles. The van der Waals surface area contributed by atoms with Gasteiger partial charge in [-0.3, -0.25) is 4.55 Å². The lowest BCUT2D eigenvalue weighted by molar-refractivity contribution is 0.174. The van der Waals surface area contributed by atoms with Gasteiger partial charge in [0.2, 0.25) is 0 Å². The fraction of sp³-hybridized carbons (Fsp3) is 0.750. The van der Waals surface area contributed by atoms with E-state index in [-0.39, 0.29) is 0 Å². The lowest BCUT2D eigenvalue weighted by atomic mass is 10.8. The summed E-state index contributed by atoms with van der Waals surface area (Å²) in [5.41, 5.74) is -1.16. The SMILES string of the molecule is C[CH]OC(C)S(=O)(=O)O. The molecule has 0 aromatic heterocycles. The number of hydrogen-bond acceptors (Lipinski definition) is 3. The van der Waals surface area contributed by atoms with Gasteiger partial charge < -0.3 is 4.74 Å². The molecule has 4 nitrogen and oxygen atoms in total. The third-order valence-corrected chi connectivity index (χ3v) is 1.70. The van der Waals surface area contributed by atoms with Crippen LogP contribution in [-0.4, -0.2) is 18.4 Å². The standard InChI is InChI=1S/C4H9O4S/c1-3-8-4(2)9(5,6)7/h3-4H,1-2H3,(H,5,6,7). The first-order valence-electron chi connectivity index (χ1n) is 2.38. The molecule has 55 valence electrons. The highest BCUT2D eigenvalue weighted by Gasteiger charge is 2.15. The van der Waals surface area contributed by atoms with Gasteiger partial charge in [-0.1, -0.05) is 0 Å². The van der Waals surface area contributed by atoms with Crippen molar-refractivity contribution in [2.24, 2.45) is 0 Å². The third kappa shape index (κ3) is 3.45. The molecule has 9 heavy (non-hydrogen) atoms. The molecule has 0 aliphatic carbocycles. The Morgan fingerprint density at radius 1 is 1.67 bits per heavy atom. The molecular weight excluding hydrogens is 144 g/mol. The van der Waals surface area contributed by atoms with Crippen LogP contribution >= 0.6 is 0 Å². The van der Waals surface area contributed by atoms with Crippen molar-refractivity contribution in [1.82, 2.24) is 0 Å². The van der Waals surface area contributed by atoms with Gasteiger partial charge in [-0.25, -0.2) is 0 Å². The fourth-order valence-corrected chi connectivity index (χ4v) is 0.513. The van der Waals surface area contributed by atoms with Crippen molar-refractivity contribution in [2.75, 3.05) is 0 Å². The molecule has 1 N–H and O–H groups in total. The minimum atomic E-state index is -4.02. The van der Waals surface area contributed by atoms with Crippen LogP contribution in [0.4, 0.5) is 0 Å².